The van der Waals surface area contributed by atoms with Gasteiger partial charge in [-0.3, -0.25) is 4.79 Å². The molecule has 1 saturated heterocycles. The summed E-state index contributed by atoms with van der Waals surface area (Å²) in [5.41, 5.74) is 0.495. The van der Waals surface area contributed by atoms with Crippen LogP contribution in [-0.2, 0) is 18.7 Å². The van der Waals surface area contributed by atoms with E-state index in [1.807, 2.05) is 58.9 Å². The molecule has 0 radical (unpaired) electrons. The largest absolute Gasteiger partial charge is 0.426 e. The zero-order valence-electron chi connectivity index (χ0n) is 21.3. The number of ether oxygens (including phenoxy) is 3. The minimum atomic E-state index is -1.87. The molecule has 0 bridgehead atoms. The van der Waals surface area contributed by atoms with E-state index in [0.29, 0.717) is 12.4 Å². The van der Waals surface area contributed by atoms with Gasteiger partial charge in [-0.2, -0.15) is 0 Å². The average Bonchev–Trinajstić information content (AvgIpc) is 2.61. The second kappa shape index (κ2) is 8.97. The van der Waals surface area contributed by atoms with Gasteiger partial charge in [0.15, 0.2) is 14.1 Å². The van der Waals surface area contributed by atoms with E-state index >= 15 is 0 Å². The summed E-state index contributed by atoms with van der Waals surface area (Å²) in [5.74, 6) is -0.308. The van der Waals surface area contributed by atoms with Crippen LogP contribution in [0.5, 0.6) is 5.75 Å². The molecular weight excluding hydrogens is 408 g/mol. The third-order valence-corrected chi connectivity index (χ3v) is 10.9. The fourth-order valence-electron chi connectivity index (χ4n) is 3.16. The van der Waals surface area contributed by atoms with Crippen molar-refractivity contribution in [2.75, 3.05) is 6.61 Å². The Hall–Kier alpha value is -1.21. The summed E-state index contributed by atoms with van der Waals surface area (Å²) in [6.07, 6.45) is -0.203. The molecule has 0 N–H and O–H groups in total. The zero-order chi connectivity index (χ0) is 23.8. The van der Waals surface area contributed by atoms with Gasteiger partial charge in [-0.1, -0.05) is 39.8 Å². The Morgan fingerprint density at radius 2 is 1.58 bits per heavy atom. The van der Waals surface area contributed by atoms with E-state index in [-0.39, 0.29) is 29.1 Å². The van der Waals surface area contributed by atoms with Crippen molar-refractivity contribution in [1.82, 2.24) is 0 Å². The van der Waals surface area contributed by atoms with Crippen LogP contribution in [0.1, 0.15) is 74.0 Å². The molecule has 3 atom stereocenters. The SMILES string of the molecule is C[C@H]1[C@H](CO[Si](C)(C)C(C)(C)C)OC(C)(C)O[C@@H]1c1ccc(OC(=O)C(C)(C)C)cc1. The third kappa shape index (κ3) is 6.64. The minimum Gasteiger partial charge on any atom is -0.426 e. The molecular formula is C25H42O5Si. The molecule has 0 saturated carbocycles. The summed E-state index contributed by atoms with van der Waals surface area (Å²) in [6, 6.07) is 7.61. The third-order valence-electron chi connectivity index (χ3n) is 6.36. The van der Waals surface area contributed by atoms with Gasteiger partial charge in [-0.05, 0) is 70.4 Å². The molecule has 1 aromatic carbocycles. The maximum Gasteiger partial charge on any atom is 0.316 e. The summed E-state index contributed by atoms with van der Waals surface area (Å²) in [5, 5.41) is 0.149. The van der Waals surface area contributed by atoms with E-state index in [9.17, 15) is 4.79 Å². The molecule has 176 valence electrons. The molecule has 1 heterocycles. The molecule has 1 aliphatic heterocycles. The van der Waals surface area contributed by atoms with Crippen LogP contribution in [-0.4, -0.2) is 32.8 Å². The summed E-state index contributed by atoms with van der Waals surface area (Å²) >= 11 is 0. The summed E-state index contributed by atoms with van der Waals surface area (Å²) in [4.78, 5) is 12.2. The molecule has 0 aromatic heterocycles. The number of rotatable bonds is 5. The molecule has 1 aromatic rings. The number of carbonyl (C=O) groups excluding carboxylic acids is 1. The quantitative estimate of drug-likeness (QED) is 0.291. The predicted molar refractivity (Wildman–Crippen MR) is 127 cm³/mol. The van der Waals surface area contributed by atoms with Crippen molar-refractivity contribution in [3.8, 4) is 5.75 Å². The van der Waals surface area contributed by atoms with E-state index < -0.39 is 19.5 Å². The Balaban J connectivity index is 2.16. The highest BCUT2D eigenvalue weighted by Crippen LogP contribution is 2.42. The maximum absolute atomic E-state index is 12.2. The molecule has 31 heavy (non-hydrogen) atoms. The first-order valence-corrected chi connectivity index (χ1v) is 14.2. The van der Waals surface area contributed by atoms with Crippen LogP contribution in [0.4, 0.5) is 0 Å². The lowest BCUT2D eigenvalue weighted by Gasteiger charge is -2.46. The average molecular weight is 451 g/mol. The van der Waals surface area contributed by atoms with Crippen molar-refractivity contribution in [2.45, 2.75) is 98.4 Å². The second-order valence-electron chi connectivity index (χ2n) is 11.7. The van der Waals surface area contributed by atoms with Crippen LogP contribution in [0.2, 0.25) is 18.1 Å². The molecule has 2 rings (SSSR count). The predicted octanol–water partition coefficient (Wildman–Crippen LogP) is 6.49. The van der Waals surface area contributed by atoms with Crippen LogP contribution in [0.15, 0.2) is 24.3 Å². The monoisotopic (exact) mass is 450 g/mol. The van der Waals surface area contributed by atoms with Gasteiger partial charge < -0.3 is 18.6 Å². The van der Waals surface area contributed by atoms with E-state index in [4.69, 9.17) is 18.6 Å². The van der Waals surface area contributed by atoms with Crippen molar-refractivity contribution in [1.29, 1.82) is 0 Å². The van der Waals surface area contributed by atoms with Gasteiger partial charge in [0.25, 0.3) is 0 Å². The van der Waals surface area contributed by atoms with Crippen LogP contribution in [0.25, 0.3) is 0 Å². The Labute approximate surface area is 189 Å². The zero-order valence-corrected chi connectivity index (χ0v) is 22.3. The second-order valence-corrected chi connectivity index (χ2v) is 16.5. The topological polar surface area (TPSA) is 54.0 Å². The highest BCUT2D eigenvalue weighted by Gasteiger charge is 2.44. The van der Waals surface area contributed by atoms with E-state index in [2.05, 4.69) is 40.8 Å². The Morgan fingerprint density at radius 3 is 2.06 bits per heavy atom. The van der Waals surface area contributed by atoms with Crippen LogP contribution in [0.3, 0.4) is 0 Å². The highest BCUT2D eigenvalue weighted by molar-refractivity contribution is 6.74. The van der Waals surface area contributed by atoms with Crippen LogP contribution >= 0.6 is 0 Å². The number of hydrogen-bond acceptors (Lipinski definition) is 5. The Kier molecular flexibility index (Phi) is 7.53. The molecule has 1 aliphatic rings. The lowest BCUT2D eigenvalue weighted by atomic mass is 9.90. The number of esters is 1. The van der Waals surface area contributed by atoms with Gasteiger partial charge in [0.2, 0.25) is 0 Å². The number of benzene rings is 1. The van der Waals surface area contributed by atoms with Crippen molar-refractivity contribution < 1.29 is 23.4 Å². The summed E-state index contributed by atoms with van der Waals surface area (Å²) in [6.45, 7) is 23.4. The van der Waals surface area contributed by atoms with Crippen LogP contribution in [0, 0.1) is 11.3 Å². The Bertz CT molecular complexity index is 756. The van der Waals surface area contributed by atoms with Gasteiger partial charge in [-0.15, -0.1) is 0 Å². The summed E-state index contributed by atoms with van der Waals surface area (Å²) < 4.78 is 24.5. The minimum absolute atomic E-state index is 0.0683. The molecule has 0 amide bonds. The van der Waals surface area contributed by atoms with Crippen molar-refractivity contribution in [3.05, 3.63) is 29.8 Å². The van der Waals surface area contributed by atoms with E-state index in [0.717, 1.165) is 5.56 Å². The highest BCUT2D eigenvalue weighted by atomic mass is 28.4. The first-order valence-electron chi connectivity index (χ1n) is 11.2. The summed E-state index contributed by atoms with van der Waals surface area (Å²) in [7, 11) is -1.87. The lowest BCUT2D eigenvalue weighted by Crippen LogP contribution is -2.50. The molecule has 5 nitrogen and oxygen atoms in total. The smallest absolute Gasteiger partial charge is 0.316 e. The number of carbonyl (C=O) groups is 1. The Morgan fingerprint density at radius 1 is 1.03 bits per heavy atom. The molecule has 0 unspecified atom stereocenters. The van der Waals surface area contributed by atoms with Crippen molar-refractivity contribution in [2.24, 2.45) is 11.3 Å². The standard InChI is InChI=1S/C25H42O5Si/c1-17-20(16-27-31(10,11)24(5,6)7)29-25(8,9)30-21(17)18-12-14-19(15-13-18)28-22(26)23(2,3)4/h12-15,17,20-21H,16H2,1-11H3/t17-,20-,21-/m0/s1. The number of hydrogen-bond donors (Lipinski definition) is 0. The fraction of sp³-hybridized carbons (Fsp3) is 0.720. The van der Waals surface area contributed by atoms with Gasteiger partial charge >= 0.3 is 5.97 Å². The maximum atomic E-state index is 12.2. The van der Waals surface area contributed by atoms with Crippen molar-refractivity contribution in [3.63, 3.8) is 0 Å². The van der Waals surface area contributed by atoms with Gasteiger partial charge in [0.1, 0.15) is 5.75 Å². The first-order chi connectivity index (χ1) is 13.9. The van der Waals surface area contributed by atoms with E-state index in [1.54, 1.807) is 0 Å². The normalized spacial score (nSPS) is 24.7. The molecule has 6 heteroatoms. The van der Waals surface area contributed by atoms with Gasteiger partial charge in [-0.25, -0.2) is 0 Å². The van der Waals surface area contributed by atoms with Crippen LogP contribution < -0.4 is 4.74 Å². The molecule has 1 fully saturated rings. The molecule has 0 aliphatic carbocycles. The van der Waals surface area contributed by atoms with Gasteiger partial charge in [0.05, 0.1) is 24.2 Å². The molecule has 0 spiro atoms. The van der Waals surface area contributed by atoms with E-state index in [1.165, 1.54) is 0 Å². The first kappa shape index (κ1) is 26.0. The van der Waals surface area contributed by atoms with Gasteiger partial charge in [0, 0.05) is 5.92 Å². The lowest BCUT2D eigenvalue weighted by molar-refractivity contribution is -0.325. The fourth-order valence-corrected chi connectivity index (χ4v) is 4.17. The van der Waals surface area contributed by atoms with Crippen molar-refractivity contribution >= 4 is 14.3 Å².